The van der Waals surface area contributed by atoms with Gasteiger partial charge in [0.1, 0.15) is 0 Å². The first-order valence-electron chi connectivity index (χ1n) is 15.2. The fourth-order valence-corrected chi connectivity index (χ4v) is 7.94. The van der Waals surface area contributed by atoms with Gasteiger partial charge in [-0.15, -0.1) is 0 Å². The third-order valence-corrected chi connectivity index (χ3v) is 9.86. The van der Waals surface area contributed by atoms with Crippen molar-refractivity contribution in [2.75, 3.05) is 0 Å². The molecule has 0 atom stereocenters. The zero-order chi connectivity index (χ0) is 28.1. The molecule has 43 heavy (non-hydrogen) atoms. The maximum Gasteiger partial charge on any atom is -0.000705 e. The Hall–Kier alpha value is -5.46. The summed E-state index contributed by atoms with van der Waals surface area (Å²) in [5.74, 6) is 0. The lowest BCUT2D eigenvalue weighted by Gasteiger charge is -2.14. The predicted molar refractivity (Wildman–Crippen MR) is 185 cm³/mol. The van der Waals surface area contributed by atoms with Crippen LogP contribution < -0.4 is 0 Å². The van der Waals surface area contributed by atoms with Gasteiger partial charge in [-0.1, -0.05) is 133 Å². The van der Waals surface area contributed by atoms with Crippen molar-refractivity contribution in [1.29, 1.82) is 0 Å². The summed E-state index contributed by atoms with van der Waals surface area (Å²) in [7, 11) is 0. The molecule has 0 aromatic heterocycles. The molecule has 0 saturated carbocycles. The molecule has 0 N–H and O–H groups in total. The molecule has 10 rings (SSSR count). The number of hydrogen-bond acceptors (Lipinski definition) is 0. The van der Waals surface area contributed by atoms with E-state index >= 15 is 0 Å². The second kappa shape index (κ2) is 8.53. The van der Waals surface area contributed by atoms with Gasteiger partial charge >= 0.3 is 0 Å². The molecule has 0 aliphatic heterocycles. The summed E-state index contributed by atoms with van der Waals surface area (Å²) < 4.78 is 0. The number of fused-ring (bicyclic) bond motifs is 16. The average molecular weight is 543 g/mol. The lowest BCUT2D eigenvalue weighted by atomic mass is 9.89. The van der Waals surface area contributed by atoms with Crippen LogP contribution in [-0.2, 0) is 6.42 Å². The predicted octanol–water partition coefficient (Wildman–Crippen LogP) is 11.8. The van der Waals surface area contributed by atoms with Gasteiger partial charge in [0, 0.05) is 0 Å². The molecule has 0 bridgehead atoms. The van der Waals surface area contributed by atoms with E-state index in [0.29, 0.717) is 0 Å². The van der Waals surface area contributed by atoms with Crippen molar-refractivity contribution in [1.82, 2.24) is 0 Å². The minimum atomic E-state index is 0.971. The molecular weight excluding hydrogens is 516 g/mol. The molecule has 9 aromatic carbocycles. The minimum absolute atomic E-state index is 0.971. The van der Waals surface area contributed by atoms with Crippen LogP contribution in [0.4, 0.5) is 0 Å². The van der Waals surface area contributed by atoms with Crippen molar-refractivity contribution in [2.45, 2.75) is 6.42 Å². The molecule has 1 aliphatic carbocycles. The van der Waals surface area contributed by atoms with Crippen molar-refractivity contribution in [3.63, 3.8) is 0 Å². The first kappa shape index (κ1) is 23.1. The Morgan fingerprint density at radius 3 is 1.33 bits per heavy atom. The SMILES string of the molecule is c1ccc2c(c1)c1ccccc1c1cc(-c3ccc4c(c3)-c3ccc5c6ccccc6c6ccccc6c5c3C4)ccc21. The first-order chi connectivity index (χ1) is 21.3. The van der Waals surface area contributed by atoms with Gasteiger partial charge in [-0.05, 0) is 117 Å². The summed E-state index contributed by atoms with van der Waals surface area (Å²) in [5, 5.41) is 16.0. The highest BCUT2D eigenvalue weighted by Gasteiger charge is 2.23. The molecule has 0 heteroatoms. The molecule has 0 unspecified atom stereocenters. The minimum Gasteiger partial charge on any atom is -0.0616 e. The van der Waals surface area contributed by atoms with Crippen LogP contribution >= 0.6 is 0 Å². The molecule has 0 heterocycles. The lowest BCUT2D eigenvalue weighted by molar-refractivity contribution is 1.29. The van der Waals surface area contributed by atoms with E-state index in [1.807, 2.05) is 0 Å². The number of hydrogen-bond donors (Lipinski definition) is 0. The summed E-state index contributed by atoms with van der Waals surface area (Å²) in [5.41, 5.74) is 8.16. The van der Waals surface area contributed by atoms with E-state index in [9.17, 15) is 0 Å². The van der Waals surface area contributed by atoms with Gasteiger partial charge < -0.3 is 0 Å². The van der Waals surface area contributed by atoms with Gasteiger partial charge in [-0.25, -0.2) is 0 Å². The molecule has 1 aliphatic rings. The Bertz CT molecular complexity index is 2570. The third-order valence-electron chi connectivity index (χ3n) is 9.86. The van der Waals surface area contributed by atoms with E-state index in [4.69, 9.17) is 0 Å². The maximum absolute atomic E-state index is 2.43. The summed E-state index contributed by atoms with van der Waals surface area (Å²) in [6.45, 7) is 0. The molecule has 0 fully saturated rings. The maximum atomic E-state index is 2.43. The Morgan fingerprint density at radius 1 is 0.302 bits per heavy atom. The summed E-state index contributed by atoms with van der Waals surface area (Å²) >= 11 is 0. The highest BCUT2D eigenvalue weighted by molar-refractivity contribution is 6.28. The molecule has 0 saturated heterocycles. The second-order valence-corrected chi connectivity index (χ2v) is 12.0. The number of rotatable bonds is 1. The van der Waals surface area contributed by atoms with Crippen LogP contribution in [-0.4, -0.2) is 0 Å². The Balaban J connectivity index is 1.20. The smallest absolute Gasteiger partial charge is 0.000705 e. The zero-order valence-electron chi connectivity index (χ0n) is 23.6. The van der Waals surface area contributed by atoms with Crippen molar-refractivity contribution in [3.8, 4) is 22.3 Å². The van der Waals surface area contributed by atoms with Crippen LogP contribution in [0.15, 0.2) is 146 Å². The lowest BCUT2D eigenvalue weighted by Crippen LogP contribution is -1.89. The van der Waals surface area contributed by atoms with Crippen molar-refractivity contribution >= 4 is 64.6 Å². The first-order valence-corrected chi connectivity index (χ1v) is 15.2. The fourth-order valence-electron chi connectivity index (χ4n) is 7.94. The molecule has 0 nitrogen and oxygen atoms in total. The quantitative estimate of drug-likeness (QED) is 0.181. The normalized spacial score (nSPS) is 12.6. The Morgan fingerprint density at radius 2 is 0.721 bits per heavy atom. The summed E-state index contributed by atoms with van der Waals surface area (Å²) in [4.78, 5) is 0. The third kappa shape index (κ3) is 3.16. The van der Waals surface area contributed by atoms with Crippen LogP contribution in [0, 0.1) is 0 Å². The van der Waals surface area contributed by atoms with Gasteiger partial charge in [-0.3, -0.25) is 0 Å². The van der Waals surface area contributed by atoms with E-state index in [1.165, 1.54) is 98.0 Å². The van der Waals surface area contributed by atoms with Crippen molar-refractivity contribution < 1.29 is 0 Å². The number of benzene rings is 9. The van der Waals surface area contributed by atoms with E-state index in [-0.39, 0.29) is 0 Å². The zero-order valence-corrected chi connectivity index (χ0v) is 23.6. The fraction of sp³-hybridized carbons (Fsp3) is 0.0233. The molecular formula is C43H26. The molecule has 0 amide bonds. The van der Waals surface area contributed by atoms with Gasteiger partial charge in [0.25, 0.3) is 0 Å². The second-order valence-electron chi connectivity index (χ2n) is 12.0. The highest BCUT2D eigenvalue weighted by atomic mass is 14.3. The van der Waals surface area contributed by atoms with E-state index < -0.39 is 0 Å². The van der Waals surface area contributed by atoms with Crippen LogP contribution in [0.3, 0.4) is 0 Å². The van der Waals surface area contributed by atoms with E-state index in [1.54, 1.807) is 0 Å². The van der Waals surface area contributed by atoms with Gasteiger partial charge in [0.2, 0.25) is 0 Å². The standard InChI is InChI=1S/C43H26/c1-2-11-31-29(9-1)30-10-4-6-15-35(30)41-24-27(19-20-36(31)41)26-17-18-28-25-42-37(40(28)23-26)21-22-39-34-14-5-3-12-32(34)33-13-7-8-16-38(33)43(39)42/h1-24H,25H2. The van der Waals surface area contributed by atoms with Crippen LogP contribution in [0.5, 0.6) is 0 Å². The van der Waals surface area contributed by atoms with Crippen molar-refractivity contribution in [3.05, 3.63) is 157 Å². The van der Waals surface area contributed by atoms with Crippen LogP contribution in [0.25, 0.3) is 86.9 Å². The topological polar surface area (TPSA) is 0 Å². The van der Waals surface area contributed by atoms with Gasteiger partial charge in [0.05, 0.1) is 0 Å². The average Bonchev–Trinajstić information content (AvgIpc) is 3.46. The molecule has 0 spiro atoms. The summed E-state index contributed by atoms with van der Waals surface area (Å²) in [6, 6.07) is 54.3. The monoisotopic (exact) mass is 542 g/mol. The Labute approximate surface area is 249 Å². The largest absolute Gasteiger partial charge is 0.0616 e. The van der Waals surface area contributed by atoms with Crippen LogP contribution in [0.2, 0.25) is 0 Å². The summed E-state index contributed by atoms with van der Waals surface area (Å²) in [6.07, 6.45) is 0.971. The molecule has 9 aromatic rings. The Kier molecular flexibility index (Phi) is 4.59. The van der Waals surface area contributed by atoms with E-state index in [2.05, 4.69) is 146 Å². The van der Waals surface area contributed by atoms with E-state index in [0.717, 1.165) is 6.42 Å². The van der Waals surface area contributed by atoms with Crippen molar-refractivity contribution in [2.24, 2.45) is 0 Å². The highest BCUT2D eigenvalue weighted by Crippen LogP contribution is 2.46. The van der Waals surface area contributed by atoms with Crippen LogP contribution in [0.1, 0.15) is 11.1 Å². The van der Waals surface area contributed by atoms with Gasteiger partial charge in [0.15, 0.2) is 0 Å². The molecule has 0 radical (unpaired) electrons. The molecule has 198 valence electrons. The van der Waals surface area contributed by atoms with Gasteiger partial charge in [-0.2, -0.15) is 0 Å².